The number of rotatable bonds is 14. The zero-order valence-electron chi connectivity index (χ0n) is 65.3. The molecule has 6 aromatic rings. The van der Waals surface area contributed by atoms with Crippen molar-refractivity contribution < 1.29 is 81.2 Å². The number of amides is 10. The minimum Gasteiger partial charge on any atom is -0.508 e. The van der Waals surface area contributed by atoms with Gasteiger partial charge in [0.2, 0.25) is 59.1 Å². The number of hydrogen-bond acceptors (Lipinski definition) is 19. The number of carbonyl (C=O) groups excluding carboxylic acids is 10. The number of aliphatic hydroxyl groups excluding tert-OH is 1. The van der Waals surface area contributed by atoms with Gasteiger partial charge in [0.05, 0.1) is 84.8 Å². The van der Waals surface area contributed by atoms with Gasteiger partial charge in [0, 0.05) is 98.4 Å². The molecule has 10 N–H and O–H groups in total. The lowest BCUT2D eigenvalue weighted by Gasteiger charge is -2.37. The highest BCUT2D eigenvalue weighted by Crippen LogP contribution is 2.33. The number of aromatic nitrogens is 4. The van der Waals surface area contributed by atoms with Crippen LogP contribution in [-0.2, 0) is 106 Å². The summed E-state index contributed by atoms with van der Waals surface area (Å²) in [6.45, 7) is 6.15. The van der Waals surface area contributed by atoms with E-state index in [2.05, 4.69) is 74.0 Å². The Hall–Kier alpha value is -9.77. The minimum atomic E-state index is -1.80. The molecule has 14 bridgehead atoms. The third-order valence-electron chi connectivity index (χ3n) is 20.9. The van der Waals surface area contributed by atoms with Crippen LogP contribution in [-0.4, -0.2) is 262 Å². The first-order chi connectivity index (χ1) is 54.6. The third-order valence-corrected chi connectivity index (χ3v) is 22.9. The molecule has 0 radical (unpaired) electrons. The Kier molecular flexibility index (Phi) is 29.5. The second-order valence-electron chi connectivity index (χ2n) is 30.9. The Morgan fingerprint density at radius 2 is 1.50 bits per heavy atom. The molecule has 0 spiro atoms. The summed E-state index contributed by atoms with van der Waals surface area (Å²) in [6, 6.07) is 12.7. The van der Waals surface area contributed by atoms with Crippen molar-refractivity contribution in [1.82, 2.24) is 71.9 Å². The maximum absolute atomic E-state index is 16.3. The molecule has 7 heterocycles. The topological polar surface area (TPSA) is 377 Å². The molecule has 11 rings (SSSR count). The van der Waals surface area contributed by atoms with E-state index in [-0.39, 0.29) is 102 Å². The molecule has 0 aliphatic carbocycles. The molecule has 33 heteroatoms. The molecule has 2 saturated heterocycles. The van der Waals surface area contributed by atoms with Crippen molar-refractivity contribution in [3.8, 4) is 11.4 Å². The quantitative estimate of drug-likeness (QED) is 0.0425. The summed E-state index contributed by atoms with van der Waals surface area (Å²) in [7, 11) is 6.17. The number of aromatic hydroxyl groups is 1. The van der Waals surface area contributed by atoms with Gasteiger partial charge in [0.25, 0.3) is 0 Å². The summed E-state index contributed by atoms with van der Waals surface area (Å²) in [6.07, 6.45) is 5.25. The molecule has 114 heavy (non-hydrogen) atoms. The third kappa shape index (κ3) is 23.0. The average Bonchev–Trinajstić information content (AvgIpc) is 1.59. The van der Waals surface area contributed by atoms with Crippen molar-refractivity contribution in [3.63, 3.8) is 0 Å². The maximum Gasteiger partial charge on any atom is 0.246 e. The van der Waals surface area contributed by atoms with E-state index in [4.69, 9.17) is 14.2 Å². The fourth-order valence-corrected chi connectivity index (χ4v) is 16.3. The van der Waals surface area contributed by atoms with Crippen molar-refractivity contribution in [2.24, 2.45) is 0 Å². The molecule has 4 aromatic carbocycles. The standard InChI is InChI=1S/C81H104FN15O15S2/c1-50-73(102)87-63-41-54-14-10-13-52(36-54)12-8-7-9-29-112-68-21-27-94-72(68)77(106)90-71(51(2)98)76(105)89-64(40-53-15-18-61(99)19-16-53)79(108)95-26-11-24-81(95,3)80(109)83-25-35-114-49-56-37-55(48-113-34-23-70(101)86-66(75(104)85-50)44-84-69(100)22-30-110-32-33-111-31-28-97(4,5)6)38-60(39-56)96-47-59(91-92-96)46-93-45-57(42-65(78(94)107)88-74(63)103)62-43-58(82)17-20-67(62)93/h7-8,10,13-20,36-39,43,45,47,50-51,63-66,68,71-72,98H,9,11-12,21-35,40-42,44,46,48-49H2,1-6H3,(H8-,83,84,85,86,87,88,89,90,99,100,101,102,103,104,105,106,109)/p+1/b8-7+/t50-,51-,63+,64+,65+,66+,68+,71+,72+,81+/m1/s1. The maximum atomic E-state index is 16.3. The summed E-state index contributed by atoms with van der Waals surface area (Å²) in [5.41, 5.74) is 4.25. The number of benzene rings is 4. The van der Waals surface area contributed by atoms with E-state index in [1.165, 1.54) is 71.4 Å². The highest BCUT2D eigenvalue weighted by molar-refractivity contribution is 7.98. The Morgan fingerprint density at radius 1 is 0.763 bits per heavy atom. The Balaban J connectivity index is 0.992. The first kappa shape index (κ1) is 85.1. The second-order valence-corrected chi connectivity index (χ2v) is 33.1. The molecule has 2 fully saturated rings. The van der Waals surface area contributed by atoms with Crippen LogP contribution in [0, 0.1) is 5.82 Å². The number of likely N-dealkylation sites (N-methyl/N-ethyl adjacent to an activating group) is 1. The summed E-state index contributed by atoms with van der Waals surface area (Å²) in [5, 5.41) is 54.0. The smallest absolute Gasteiger partial charge is 0.246 e. The number of halogens is 1. The molecular weight excluding hydrogens is 1510 g/mol. The lowest BCUT2D eigenvalue weighted by atomic mass is 9.95. The Morgan fingerprint density at radius 3 is 2.26 bits per heavy atom. The number of aliphatic hydroxyl groups is 1. The highest BCUT2D eigenvalue weighted by atomic mass is 32.2. The van der Waals surface area contributed by atoms with Gasteiger partial charge >= 0.3 is 0 Å². The normalized spacial score (nSPS) is 24.5. The van der Waals surface area contributed by atoms with Gasteiger partial charge in [0.15, 0.2) is 0 Å². The van der Waals surface area contributed by atoms with Gasteiger partial charge in [-0.3, -0.25) is 47.9 Å². The fourth-order valence-electron chi connectivity index (χ4n) is 14.7. The largest absolute Gasteiger partial charge is 0.508 e. The van der Waals surface area contributed by atoms with Crippen molar-refractivity contribution in [2.75, 3.05) is 98.4 Å². The number of ether oxygens (including phenoxy) is 3. The van der Waals surface area contributed by atoms with Crippen LogP contribution in [0.2, 0.25) is 0 Å². The van der Waals surface area contributed by atoms with E-state index in [1.807, 2.05) is 47.1 Å². The summed E-state index contributed by atoms with van der Waals surface area (Å²) in [4.78, 5) is 152. The van der Waals surface area contributed by atoms with Gasteiger partial charge < -0.3 is 85.8 Å². The molecule has 612 valence electrons. The molecule has 0 saturated carbocycles. The van der Waals surface area contributed by atoms with Gasteiger partial charge in [-0.25, -0.2) is 9.07 Å². The van der Waals surface area contributed by atoms with Crippen LogP contribution in [0.15, 0.2) is 109 Å². The predicted octanol–water partition coefficient (Wildman–Crippen LogP) is 2.57. The van der Waals surface area contributed by atoms with Crippen molar-refractivity contribution in [1.29, 1.82) is 0 Å². The monoisotopic (exact) mass is 1610 g/mol. The number of hydrogen-bond donors (Lipinski definition) is 10. The van der Waals surface area contributed by atoms with Gasteiger partial charge in [0.1, 0.15) is 71.6 Å². The minimum absolute atomic E-state index is 0.0355. The van der Waals surface area contributed by atoms with Crippen LogP contribution in [0.3, 0.4) is 0 Å². The number of nitrogens with one attached hydrogen (secondary N) is 8. The first-order valence-electron chi connectivity index (χ1n) is 38.9. The second kappa shape index (κ2) is 39.5. The molecule has 10 atom stereocenters. The van der Waals surface area contributed by atoms with E-state index in [1.54, 1.807) is 54.3 Å². The first-order valence-corrected chi connectivity index (χ1v) is 41.2. The number of thioether (sulfide) groups is 2. The van der Waals surface area contributed by atoms with Crippen LogP contribution in [0.5, 0.6) is 5.75 Å². The van der Waals surface area contributed by atoms with E-state index < -0.39 is 131 Å². The lowest BCUT2D eigenvalue weighted by molar-refractivity contribution is -0.870. The number of carbonyl (C=O) groups is 10. The number of allylic oxidation sites excluding steroid dienone is 1. The van der Waals surface area contributed by atoms with Crippen LogP contribution in [0.25, 0.3) is 16.6 Å². The van der Waals surface area contributed by atoms with E-state index >= 15 is 28.4 Å². The van der Waals surface area contributed by atoms with Crippen LogP contribution in [0.1, 0.15) is 98.4 Å². The zero-order valence-corrected chi connectivity index (χ0v) is 66.9. The van der Waals surface area contributed by atoms with E-state index in [0.717, 1.165) is 27.7 Å². The van der Waals surface area contributed by atoms with E-state index in [0.29, 0.717) is 88.7 Å². The van der Waals surface area contributed by atoms with Crippen molar-refractivity contribution >= 4 is 93.5 Å². The summed E-state index contributed by atoms with van der Waals surface area (Å²) in [5.74, 6) is -6.58. The molecule has 30 nitrogen and oxygen atoms in total. The van der Waals surface area contributed by atoms with Gasteiger partial charge in [-0.15, -0.1) is 5.10 Å². The Bertz CT molecular complexity index is 4480. The van der Waals surface area contributed by atoms with Gasteiger partial charge in [-0.2, -0.15) is 23.5 Å². The molecule has 5 aliphatic heterocycles. The summed E-state index contributed by atoms with van der Waals surface area (Å²) >= 11 is 2.99. The molecule has 10 amide bonds. The van der Waals surface area contributed by atoms with Crippen molar-refractivity contribution in [3.05, 3.63) is 154 Å². The van der Waals surface area contributed by atoms with Crippen LogP contribution in [0.4, 0.5) is 4.39 Å². The number of nitrogens with zero attached hydrogens (tertiary/aromatic N) is 7. The zero-order chi connectivity index (χ0) is 81.2. The molecule has 5 aliphatic rings. The fraction of sp³-hybridized carbons (Fsp3) is 0.506. The number of quaternary nitrogens is 1. The van der Waals surface area contributed by atoms with Crippen LogP contribution >= 0.6 is 23.5 Å². The highest BCUT2D eigenvalue weighted by Gasteiger charge is 2.50. The molecule has 2 aromatic heterocycles. The van der Waals surface area contributed by atoms with Crippen LogP contribution < -0.4 is 42.5 Å². The number of fused-ring (bicyclic) bond motifs is 8. The number of phenolic OH excluding ortho intramolecular Hbond substituents is 1. The van der Waals surface area contributed by atoms with Crippen molar-refractivity contribution in [2.45, 2.75) is 163 Å². The molecule has 0 unspecified atom stereocenters. The SMILES string of the molecule is C[C@H]1NC(=O)[C@H](CNC(=O)CCOCCOCC[N+](C)(C)C)NC(=O)CCSCc2cc3cc(c2)-n2cc(nn2)Cn2cc(c4cc(F)ccc42)C[C@@H]2NC(=O)[C@H](Cc4cccc(c4)C/C=C/CCO[C@H]4CCN(C2=O)[C@@H]4C(=O)N[C@@H]([C@@H](C)O)C(=O)N[C@@H](Cc2ccc(O)cc2)C(=O)N2CCC[C@@]2(C)C(=O)NCCSC3)NC1=O. The van der Waals surface area contributed by atoms with Gasteiger partial charge in [-0.05, 0) is 129 Å². The van der Waals surface area contributed by atoms with E-state index in [9.17, 15) is 34.2 Å². The summed E-state index contributed by atoms with van der Waals surface area (Å²) < 4.78 is 38.0. The number of phenols is 1. The molecular formula is C81H105FN15O15S2+. The average molecular weight is 1610 g/mol. The van der Waals surface area contributed by atoms with Gasteiger partial charge in [-0.1, -0.05) is 59.8 Å². The lowest BCUT2D eigenvalue weighted by Crippen LogP contribution is -2.64. The predicted molar refractivity (Wildman–Crippen MR) is 426 cm³/mol. The Labute approximate surface area is 670 Å².